The summed E-state index contributed by atoms with van der Waals surface area (Å²) in [5.41, 5.74) is 3.12. The first kappa shape index (κ1) is 18.7. The van der Waals surface area contributed by atoms with Crippen LogP contribution in [0, 0.1) is 6.92 Å². The number of nitrogens with zero attached hydrogens (tertiary/aromatic N) is 3. The van der Waals surface area contributed by atoms with Gasteiger partial charge in [0.15, 0.2) is 5.11 Å². The third-order valence-electron chi connectivity index (χ3n) is 4.01. The highest BCUT2D eigenvalue weighted by molar-refractivity contribution is 7.80. The van der Waals surface area contributed by atoms with Crippen molar-refractivity contribution in [2.45, 2.75) is 13.5 Å². The summed E-state index contributed by atoms with van der Waals surface area (Å²) in [4.78, 5) is 4.26. The Morgan fingerprint density at radius 2 is 1.93 bits per heavy atom. The van der Waals surface area contributed by atoms with Crippen LogP contribution in [0.25, 0.3) is 0 Å². The van der Waals surface area contributed by atoms with Crippen molar-refractivity contribution in [3.05, 3.63) is 59.9 Å². The average molecular weight is 383 g/mol. The predicted octanol–water partition coefficient (Wildman–Crippen LogP) is 3.46. The van der Waals surface area contributed by atoms with E-state index in [9.17, 15) is 0 Å². The maximum Gasteiger partial charge on any atom is 0.248 e. The van der Waals surface area contributed by atoms with Gasteiger partial charge in [-0.2, -0.15) is 0 Å². The first-order valence-corrected chi connectivity index (χ1v) is 8.74. The van der Waals surface area contributed by atoms with Crippen molar-refractivity contribution in [1.29, 1.82) is 0 Å². The molecule has 2 N–H and O–H groups in total. The number of anilines is 2. The Balaban J connectivity index is 1.64. The van der Waals surface area contributed by atoms with E-state index in [0.717, 1.165) is 5.69 Å². The minimum atomic E-state index is 0.368. The van der Waals surface area contributed by atoms with E-state index in [0.29, 0.717) is 29.1 Å². The molecule has 0 radical (unpaired) electrons. The van der Waals surface area contributed by atoms with Crippen molar-refractivity contribution in [2.75, 3.05) is 24.9 Å². The number of nitrogens with one attached hydrogen (secondary N) is 2. The Labute approximate surface area is 163 Å². The third kappa shape index (κ3) is 4.73. The van der Waals surface area contributed by atoms with Crippen molar-refractivity contribution < 1.29 is 9.47 Å². The van der Waals surface area contributed by atoms with Crippen LogP contribution in [-0.2, 0) is 6.54 Å². The molecule has 0 aliphatic carbocycles. The van der Waals surface area contributed by atoms with E-state index in [1.807, 2.05) is 24.3 Å². The monoisotopic (exact) mass is 383 g/mol. The lowest BCUT2D eigenvalue weighted by Gasteiger charge is -2.13. The van der Waals surface area contributed by atoms with Crippen LogP contribution in [-0.4, -0.2) is 34.1 Å². The number of rotatable bonds is 6. The molecule has 0 amide bonds. The fraction of sp³-hybridized carbons (Fsp3) is 0.211. The second kappa shape index (κ2) is 8.50. The van der Waals surface area contributed by atoms with E-state index in [2.05, 4.69) is 39.8 Å². The molecule has 1 heterocycles. The smallest absolute Gasteiger partial charge is 0.248 e. The first-order chi connectivity index (χ1) is 13.1. The van der Waals surface area contributed by atoms with Crippen molar-refractivity contribution in [1.82, 2.24) is 14.8 Å². The molecule has 3 rings (SSSR count). The topological polar surface area (TPSA) is 73.2 Å². The maximum absolute atomic E-state index is 5.36. The molecule has 0 bridgehead atoms. The van der Waals surface area contributed by atoms with Crippen molar-refractivity contribution in [3.63, 3.8) is 0 Å². The highest BCUT2D eigenvalue weighted by Gasteiger charge is 2.09. The maximum atomic E-state index is 5.36. The summed E-state index contributed by atoms with van der Waals surface area (Å²) in [7, 11) is 3.19. The molecule has 0 saturated heterocycles. The van der Waals surface area contributed by atoms with Gasteiger partial charge >= 0.3 is 0 Å². The van der Waals surface area contributed by atoms with Gasteiger partial charge in [0.1, 0.15) is 17.8 Å². The number of benzene rings is 2. The van der Waals surface area contributed by atoms with Gasteiger partial charge in [0.2, 0.25) is 5.95 Å². The molecule has 27 heavy (non-hydrogen) atoms. The van der Waals surface area contributed by atoms with Gasteiger partial charge in [-0.25, -0.2) is 9.67 Å². The van der Waals surface area contributed by atoms with E-state index >= 15 is 0 Å². The molecule has 0 unspecified atom stereocenters. The lowest BCUT2D eigenvalue weighted by molar-refractivity contribution is 0.395. The molecule has 0 fully saturated rings. The van der Waals surface area contributed by atoms with E-state index in [4.69, 9.17) is 21.7 Å². The van der Waals surface area contributed by atoms with Gasteiger partial charge in [-0.3, -0.25) is 5.32 Å². The second-order valence-corrected chi connectivity index (χ2v) is 6.25. The summed E-state index contributed by atoms with van der Waals surface area (Å²) in [6.07, 6.45) is 1.67. The number of ether oxygens (including phenoxy) is 2. The zero-order valence-electron chi connectivity index (χ0n) is 15.4. The lowest BCUT2D eigenvalue weighted by Crippen LogP contribution is -2.20. The lowest BCUT2D eigenvalue weighted by atomic mass is 10.1. The SMILES string of the molecule is COc1ccc(NC(=S)Nc2ncn(Cc3ccccc3C)n2)c(OC)c1. The van der Waals surface area contributed by atoms with Crippen LogP contribution in [0.4, 0.5) is 11.6 Å². The highest BCUT2D eigenvalue weighted by Crippen LogP contribution is 2.29. The molecule has 8 heteroatoms. The van der Waals surface area contributed by atoms with Crippen LogP contribution in [0.15, 0.2) is 48.8 Å². The molecular formula is C19H21N5O2S. The molecule has 0 aliphatic heterocycles. The molecular weight excluding hydrogens is 362 g/mol. The minimum absolute atomic E-state index is 0.368. The Bertz CT molecular complexity index is 941. The van der Waals surface area contributed by atoms with Gasteiger partial charge < -0.3 is 14.8 Å². The summed E-state index contributed by atoms with van der Waals surface area (Å²) in [6, 6.07) is 13.6. The standard InChI is InChI=1S/C19H21N5O2S/c1-13-6-4-5-7-14(13)11-24-12-20-18(23-24)22-19(27)21-16-9-8-15(25-2)10-17(16)26-3/h4-10,12H,11H2,1-3H3,(H2,21,22,23,27). The van der Waals surface area contributed by atoms with Gasteiger partial charge in [-0.05, 0) is 42.4 Å². The molecule has 2 aromatic carbocycles. The van der Waals surface area contributed by atoms with E-state index in [-0.39, 0.29) is 0 Å². The quantitative estimate of drug-likeness (QED) is 0.632. The minimum Gasteiger partial charge on any atom is -0.497 e. The third-order valence-corrected chi connectivity index (χ3v) is 4.22. The van der Waals surface area contributed by atoms with E-state index in [1.165, 1.54) is 11.1 Å². The molecule has 1 aromatic heterocycles. The molecule has 0 aliphatic rings. The van der Waals surface area contributed by atoms with Gasteiger partial charge in [-0.1, -0.05) is 24.3 Å². The van der Waals surface area contributed by atoms with Gasteiger partial charge in [0.25, 0.3) is 0 Å². The van der Waals surface area contributed by atoms with Crippen LogP contribution in [0.2, 0.25) is 0 Å². The highest BCUT2D eigenvalue weighted by atomic mass is 32.1. The zero-order valence-corrected chi connectivity index (χ0v) is 16.2. The molecule has 3 aromatic rings. The summed E-state index contributed by atoms with van der Waals surface area (Å²) in [5, 5.41) is 10.8. The van der Waals surface area contributed by atoms with Crippen LogP contribution < -0.4 is 20.1 Å². The fourth-order valence-electron chi connectivity index (χ4n) is 2.55. The van der Waals surface area contributed by atoms with Crippen LogP contribution in [0.1, 0.15) is 11.1 Å². The van der Waals surface area contributed by atoms with Gasteiger partial charge in [0.05, 0.1) is 26.5 Å². The normalized spacial score (nSPS) is 10.3. The van der Waals surface area contributed by atoms with Gasteiger partial charge in [-0.15, -0.1) is 5.10 Å². The van der Waals surface area contributed by atoms with Crippen molar-refractivity contribution in [2.24, 2.45) is 0 Å². The Hall–Kier alpha value is -3.13. The molecule has 140 valence electrons. The van der Waals surface area contributed by atoms with Crippen molar-refractivity contribution >= 4 is 29.0 Å². The van der Waals surface area contributed by atoms with E-state index < -0.39 is 0 Å². The number of aromatic nitrogens is 3. The summed E-state index contributed by atoms with van der Waals surface area (Å²) >= 11 is 5.35. The molecule has 7 nitrogen and oxygen atoms in total. The fourth-order valence-corrected chi connectivity index (χ4v) is 2.75. The Morgan fingerprint density at radius 3 is 2.67 bits per heavy atom. The summed E-state index contributed by atoms with van der Waals surface area (Å²) in [5.74, 6) is 1.75. The number of thiocarbonyl (C=S) groups is 1. The number of hydrogen-bond donors (Lipinski definition) is 2. The Morgan fingerprint density at radius 1 is 1.11 bits per heavy atom. The molecule has 0 atom stereocenters. The number of aryl methyl sites for hydroxylation is 1. The zero-order chi connectivity index (χ0) is 19.2. The summed E-state index contributed by atoms with van der Waals surface area (Å²) in [6.45, 7) is 2.72. The Kier molecular flexibility index (Phi) is 5.87. The number of hydrogen-bond acceptors (Lipinski definition) is 5. The van der Waals surface area contributed by atoms with Crippen LogP contribution in [0.5, 0.6) is 11.5 Å². The predicted molar refractivity (Wildman–Crippen MR) is 110 cm³/mol. The van der Waals surface area contributed by atoms with Crippen molar-refractivity contribution in [3.8, 4) is 11.5 Å². The summed E-state index contributed by atoms with van der Waals surface area (Å²) < 4.78 is 12.3. The van der Waals surface area contributed by atoms with Gasteiger partial charge in [0, 0.05) is 6.07 Å². The number of methoxy groups -OCH3 is 2. The van der Waals surface area contributed by atoms with Crippen LogP contribution >= 0.6 is 12.2 Å². The molecule has 0 spiro atoms. The molecule has 0 saturated carbocycles. The van der Waals surface area contributed by atoms with Crippen LogP contribution in [0.3, 0.4) is 0 Å². The first-order valence-electron chi connectivity index (χ1n) is 8.33. The van der Waals surface area contributed by atoms with E-state index in [1.54, 1.807) is 31.3 Å². The average Bonchev–Trinajstić information content (AvgIpc) is 3.10. The largest absolute Gasteiger partial charge is 0.497 e. The second-order valence-electron chi connectivity index (χ2n) is 5.84.